The number of thiazole rings is 1. The molecule has 0 amide bonds. The highest BCUT2D eigenvalue weighted by atomic mass is 32.1. The molecule has 0 aliphatic rings. The van der Waals surface area contributed by atoms with Crippen LogP contribution in [0.2, 0.25) is 0 Å². The summed E-state index contributed by atoms with van der Waals surface area (Å²) in [5.74, 6) is 0. The average molecular weight is 319 g/mol. The van der Waals surface area contributed by atoms with Crippen molar-refractivity contribution < 1.29 is 0 Å². The number of nitrogens with zero attached hydrogens (tertiary/aromatic N) is 1. The fourth-order valence-electron chi connectivity index (χ4n) is 2.14. The van der Waals surface area contributed by atoms with Crippen molar-refractivity contribution in [3.05, 3.63) is 52.5 Å². The number of nitrogens with one attached hydrogen (secondary N) is 1. The molecule has 2 heterocycles. The zero-order valence-corrected chi connectivity index (χ0v) is 14.5. The third-order valence-corrected chi connectivity index (χ3v) is 5.34. The molecule has 1 unspecified atom stereocenters. The molecule has 0 radical (unpaired) electrons. The van der Waals surface area contributed by atoms with Gasteiger partial charge in [0.25, 0.3) is 0 Å². The highest BCUT2D eigenvalue weighted by molar-refractivity contribution is 7.21. The molecule has 2 nitrogen and oxygen atoms in total. The third-order valence-electron chi connectivity index (χ3n) is 3.28. The molecule has 2 aromatic heterocycles. The van der Waals surface area contributed by atoms with Gasteiger partial charge in [-0.25, -0.2) is 4.98 Å². The molecule has 0 aromatic carbocycles. The van der Waals surface area contributed by atoms with E-state index in [2.05, 4.69) is 56.8 Å². The van der Waals surface area contributed by atoms with E-state index in [9.17, 15) is 0 Å². The molecule has 1 atom stereocenters. The van der Waals surface area contributed by atoms with Gasteiger partial charge in [0.1, 0.15) is 5.01 Å². The van der Waals surface area contributed by atoms with E-state index in [1.807, 2.05) is 0 Å². The van der Waals surface area contributed by atoms with Crippen LogP contribution in [0.15, 0.2) is 41.9 Å². The Morgan fingerprint density at radius 3 is 2.71 bits per heavy atom. The van der Waals surface area contributed by atoms with Crippen molar-refractivity contribution in [2.75, 3.05) is 0 Å². The molecule has 21 heavy (non-hydrogen) atoms. The summed E-state index contributed by atoms with van der Waals surface area (Å²) in [4.78, 5) is 7.28. The largest absolute Gasteiger partial charge is 0.382 e. The minimum Gasteiger partial charge on any atom is -0.382 e. The molecule has 0 aliphatic carbocycles. The van der Waals surface area contributed by atoms with E-state index in [4.69, 9.17) is 4.98 Å². The van der Waals surface area contributed by atoms with Gasteiger partial charge in [0.2, 0.25) is 0 Å². The Balaban J connectivity index is 1.99. The lowest BCUT2D eigenvalue weighted by Crippen LogP contribution is -2.28. The van der Waals surface area contributed by atoms with Gasteiger partial charge in [-0.15, -0.1) is 22.7 Å². The molecule has 4 heteroatoms. The van der Waals surface area contributed by atoms with Crippen molar-refractivity contribution in [3.8, 4) is 9.88 Å². The van der Waals surface area contributed by atoms with Gasteiger partial charge < -0.3 is 5.32 Å². The van der Waals surface area contributed by atoms with Gasteiger partial charge in [0, 0.05) is 28.4 Å². The van der Waals surface area contributed by atoms with Crippen LogP contribution in [-0.4, -0.2) is 11.0 Å². The highest BCUT2D eigenvalue weighted by Crippen LogP contribution is 2.30. The minimum absolute atomic E-state index is 0.301. The van der Waals surface area contributed by atoms with Gasteiger partial charge in [-0.1, -0.05) is 25.7 Å². The fourth-order valence-corrected chi connectivity index (χ4v) is 3.90. The molecule has 0 saturated heterocycles. The second kappa shape index (κ2) is 7.05. The van der Waals surface area contributed by atoms with Crippen LogP contribution in [0.1, 0.15) is 30.8 Å². The van der Waals surface area contributed by atoms with Crippen LogP contribution in [0.25, 0.3) is 9.88 Å². The molecule has 2 aromatic rings. The first kappa shape index (κ1) is 16.0. The lowest BCUT2D eigenvalue weighted by Gasteiger charge is -2.19. The first-order chi connectivity index (χ1) is 9.99. The third kappa shape index (κ3) is 4.29. The van der Waals surface area contributed by atoms with Crippen LogP contribution in [0.3, 0.4) is 0 Å². The topological polar surface area (TPSA) is 24.9 Å². The van der Waals surface area contributed by atoms with E-state index >= 15 is 0 Å². The van der Waals surface area contributed by atoms with Crippen molar-refractivity contribution in [1.29, 1.82) is 0 Å². The number of thiophene rings is 1. The molecule has 0 fully saturated rings. The lowest BCUT2D eigenvalue weighted by molar-refractivity contribution is 0.611. The fraction of sp³-hybridized carbons (Fsp3) is 0.353. The van der Waals surface area contributed by atoms with Crippen molar-refractivity contribution in [3.63, 3.8) is 0 Å². The van der Waals surface area contributed by atoms with Crippen LogP contribution in [0, 0.1) is 6.92 Å². The highest BCUT2D eigenvalue weighted by Gasteiger charge is 2.10. The van der Waals surface area contributed by atoms with Crippen LogP contribution < -0.4 is 5.32 Å². The normalized spacial score (nSPS) is 12.1. The Kier molecular flexibility index (Phi) is 5.37. The molecule has 2 rings (SSSR count). The molecular formula is C17H22N2S2. The molecule has 0 bridgehead atoms. The maximum absolute atomic E-state index is 4.72. The van der Waals surface area contributed by atoms with E-state index in [0.717, 1.165) is 34.8 Å². The second-order valence-corrected chi connectivity index (χ2v) is 7.43. The predicted octanol–water partition coefficient (Wildman–Crippen LogP) is 5.18. The Labute approximate surface area is 135 Å². The zero-order chi connectivity index (χ0) is 15.4. The van der Waals surface area contributed by atoms with E-state index < -0.39 is 0 Å². The number of hydrogen-bond donors (Lipinski definition) is 1. The molecule has 0 spiro atoms. The van der Waals surface area contributed by atoms with E-state index in [-0.39, 0.29) is 0 Å². The van der Waals surface area contributed by atoms with Crippen molar-refractivity contribution in [2.45, 2.75) is 39.7 Å². The SMILES string of the molecule is C=C(Cc1csc(-c2ccc(C)s2)n1)NC(CC)C(=C)C. The zero-order valence-electron chi connectivity index (χ0n) is 12.9. The van der Waals surface area contributed by atoms with Gasteiger partial charge >= 0.3 is 0 Å². The molecule has 1 N–H and O–H groups in total. The smallest absolute Gasteiger partial charge is 0.133 e. The van der Waals surface area contributed by atoms with Gasteiger partial charge in [0.05, 0.1) is 10.6 Å². The number of rotatable bonds is 7. The van der Waals surface area contributed by atoms with Gasteiger partial charge in [0.15, 0.2) is 0 Å². The van der Waals surface area contributed by atoms with Crippen LogP contribution in [0.5, 0.6) is 0 Å². The Morgan fingerprint density at radius 1 is 1.38 bits per heavy atom. The molecule has 0 saturated carbocycles. The Hall–Kier alpha value is -1.39. The summed E-state index contributed by atoms with van der Waals surface area (Å²) in [5, 5.41) is 6.66. The standard InChI is InChI=1S/C17H22N2S2/c1-6-15(11(2)3)18-12(4)9-14-10-20-17(19-14)16-8-7-13(5)21-16/h7-8,10,15,18H,2,4,6,9H2,1,3,5H3. The quantitative estimate of drug-likeness (QED) is 0.711. The molecule has 112 valence electrons. The van der Waals surface area contributed by atoms with Crippen molar-refractivity contribution in [2.24, 2.45) is 0 Å². The average Bonchev–Trinajstić information content (AvgIpc) is 3.04. The molecule has 0 aliphatic heterocycles. The van der Waals surface area contributed by atoms with Gasteiger partial charge in [-0.05, 0) is 32.4 Å². The summed E-state index contributed by atoms with van der Waals surface area (Å²) in [5.41, 5.74) is 3.23. The summed E-state index contributed by atoms with van der Waals surface area (Å²) in [6.45, 7) is 14.5. The summed E-state index contributed by atoms with van der Waals surface area (Å²) in [6, 6.07) is 4.58. The van der Waals surface area contributed by atoms with E-state index in [0.29, 0.717) is 6.04 Å². The summed E-state index contributed by atoms with van der Waals surface area (Å²) in [7, 11) is 0. The first-order valence-electron chi connectivity index (χ1n) is 7.10. The monoisotopic (exact) mass is 318 g/mol. The number of allylic oxidation sites excluding steroid dienone is 1. The van der Waals surface area contributed by atoms with Gasteiger partial charge in [-0.2, -0.15) is 0 Å². The summed E-state index contributed by atoms with van der Waals surface area (Å²) < 4.78 is 0. The van der Waals surface area contributed by atoms with Crippen LogP contribution in [-0.2, 0) is 6.42 Å². The van der Waals surface area contributed by atoms with Crippen LogP contribution in [0.4, 0.5) is 0 Å². The minimum atomic E-state index is 0.301. The van der Waals surface area contributed by atoms with E-state index in [1.54, 1.807) is 22.7 Å². The summed E-state index contributed by atoms with van der Waals surface area (Å²) >= 11 is 3.49. The number of hydrogen-bond acceptors (Lipinski definition) is 4. The second-order valence-electron chi connectivity index (χ2n) is 5.29. The Bertz CT molecular complexity index is 637. The molecular weight excluding hydrogens is 296 g/mol. The maximum atomic E-state index is 4.72. The van der Waals surface area contributed by atoms with Crippen LogP contribution >= 0.6 is 22.7 Å². The van der Waals surface area contributed by atoms with E-state index in [1.165, 1.54) is 9.75 Å². The number of aryl methyl sites for hydroxylation is 1. The van der Waals surface area contributed by atoms with Crippen molar-refractivity contribution in [1.82, 2.24) is 10.3 Å². The summed E-state index contributed by atoms with van der Waals surface area (Å²) in [6.07, 6.45) is 1.79. The van der Waals surface area contributed by atoms with Crippen molar-refractivity contribution >= 4 is 22.7 Å². The number of aromatic nitrogens is 1. The lowest BCUT2D eigenvalue weighted by atomic mass is 10.1. The predicted molar refractivity (Wildman–Crippen MR) is 95.0 cm³/mol. The first-order valence-corrected chi connectivity index (χ1v) is 8.80. The van der Waals surface area contributed by atoms with Gasteiger partial charge in [-0.3, -0.25) is 0 Å². The Morgan fingerprint density at radius 2 is 2.14 bits per heavy atom. The maximum Gasteiger partial charge on any atom is 0.133 e.